The van der Waals surface area contributed by atoms with Gasteiger partial charge in [0.2, 0.25) is 0 Å². The van der Waals surface area contributed by atoms with Crippen LogP contribution in [0.15, 0.2) is 0 Å². The number of halogens is 1. The summed E-state index contributed by atoms with van der Waals surface area (Å²) >= 11 is 2.27. The fourth-order valence-electron chi connectivity index (χ4n) is 1.15. The van der Waals surface area contributed by atoms with Gasteiger partial charge in [-0.25, -0.2) is 0 Å². The minimum absolute atomic E-state index is 0.699. The van der Waals surface area contributed by atoms with Crippen molar-refractivity contribution in [1.82, 2.24) is 9.78 Å². The van der Waals surface area contributed by atoms with Gasteiger partial charge in [-0.05, 0) is 35.4 Å². The Hall–Kier alpha value is -0.260. The van der Waals surface area contributed by atoms with Crippen molar-refractivity contribution in [2.75, 3.05) is 5.73 Å². The molecule has 0 saturated heterocycles. The smallest absolute Gasteiger partial charge is 0.135 e. The molecule has 1 heterocycles. The molecule has 1 aromatic heterocycles. The number of nitrogen functional groups attached to an aromatic ring is 1. The van der Waals surface area contributed by atoms with Crippen LogP contribution in [0, 0.1) is 3.57 Å². The van der Waals surface area contributed by atoms with E-state index in [-0.39, 0.29) is 0 Å². The summed E-state index contributed by atoms with van der Waals surface area (Å²) in [5.41, 5.74) is 6.96. The molecule has 0 radical (unpaired) electrons. The van der Waals surface area contributed by atoms with Gasteiger partial charge in [0.25, 0.3) is 0 Å². The normalized spacial score (nSPS) is 17.3. The van der Waals surface area contributed by atoms with Crippen LogP contribution in [0.2, 0.25) is 0 Å². The molecule has 1 fully saturated rings. The molecule has 1 saturated carbocycles. The Balaban J connectivity index is 2.46. The highest BCUT2D eigenvalue weighted by atomic mass is 127. The maximum absolute atomic E-state index is 5.76. The lowest BCUT2D eigenvalue weighted by Crippen LogP contribution is -1.97. The lowest BCUT2D eigenvalue weighted by Gasteiger charge is -1.90. The van der Waals surface area contributed by atoms with Gasteiger partial charge < -0.3 is 5.73 Å². The van der Waals surface area contributed by atoms with E-state index in [2.05, 4.69) is 27.7 Å². The van der Waals surface area contributed by atoms with E-state index >= 15 is 0 Å². The van der Waals surface area contributed by atoms with Crippen LogP contribution in [0.1, 0.15) is 24.5 Å². The SMILES string of the molecule is Cn1nc(C2CC2)c(I)c1N. The number of anilines is 1. The van der Waals surface area contributed by atoms with Crippen molar-refractivity contribution in [3.63, 3.8) is 0 Å². The van der Waals surface area contributed by atoms with E-state index in [1.54, 1.807) is 4.68 Å². The van der Waals surface area contributed by atoms with Gasteiger partial charge in [0.05, 0.1) is 9.26 Å². The van der Waals surface area contributed by atoms with Gasteiger partial charge in [0.1, 0.15) is 5.82 Å². The van der Waals surface area contributed by atoms with Crippen LogP contribution in [-0.2, 0) is 7.05 Å². The summed E-state index contributed by atoms with van der Waals surface area (Å²) in [4.78, 5) is 0. The summed E-state index contributed by atoms with van der Waals surface area (Å²) in [7, 11) is 1.89. The zero-order chi connectivity index (χ0) is 8.01. The molecule has 11 heavy (non-hydrogen) atoms. The molecule has 0 unspecified atom stereocenters. The van der Waals surface area contributed by atoms with Gasteiger partial charge in [0.15, 0.2) is 0 Å². The maximum atomic E-state index is 5.76. The Labute approximate surface area is 79.1 Å². The Kier molecular flexibility index (Phi) is 1.59. The third kappa shape index (κ3) is 1.13. The minimum atomic E-state index is 0.699. The standard InChI is InChI=1S/C7H10IN3/c1-11-7(9)5(8)6(10-11)4-2-3-4/h4H,2-3,9H2,1H3. The van der Waals surface area contributed by atoms with E-state index in [0.717, 1.165) is 9.39 Å². The van der Waals surface area contributed by atoms with E-state index in [9.17, 15) is 0 Å². The Morgan fingerprint density at radius 1 is 1.64 bits per heavy atom. The Morgan fingerprint density at radius 3 is 2.64 bits per heavy atom. The molecular weight excluding hydrogens is 253 g/mol. The maximum Gasteiger partial charge on any atom is 0.135 e. The number of nitrogens with zero attached hydrogens (tertiary/aromatic N) is 2. The van der Waals surface area contributed by atoms with Crippen molar-refractivity contribution in [2.24, 2.45) is 7.05 Å². The highest BCUT2D eigenvalue weighted by Crippen LogP contribution is 2.42. The highest BCUT2D eigenvalue weighted by molar-refractivity contribution is 14.1. The second kappa shape index (κ2) is 2.36. The van der Waals surface area contributed by atoms with Crippen LogP contribution >= 0.6 is 22.6 Å². The van der Waals surface area contributed by atoms with Gasteiger partial charge in [-0.3, -0.25) is 4.68 Å². The van der Waals surface area contributed by atoms with Crippen LogP contribution in [0.4, 0.5) is 5.82 Å². The Bertz CT molecular complexity index is 288. The topological polar surface area (TPSA) is 43.8 Å². The molecular formula is C7H10IN3. The summed E-state index contributed by atoms with van der Waals surface area (Å²) in [6, 6.07) is 0. The highest BCUT2D eigenvalue weighted by Gasteiger charge is 2.29. The molecule has 0 spiro atoms. The van der Waals surface area contributed by atoms with Crippen molar-refractivity contribution < 1.29 is 0 Å². The lowest BCUT2D eigenvalue weighted by molar-refractivity contribution is 0.753. The molecule has 0 atom stereocenters. The fraction of sp³-hybridized carbons (Fsp3) is 0.571. The van der Waals surface area contributed by atoms with Gasteiger partial charge in [-0.2, -0.15) is 5.10 Å². The van der Waals surface area contributed by atoms with E-state index in [4.69, 9.17) is 5.73 Å². The molecule has 60 valence electrons. The first-order valence-electron chi connectivity index (χ1n) is 3.68. The molecule has 1 aliphatic carbocycles. The summed E-state index contributed by atoms with van der Waals surface area (Å²) in [5.74, 6) is 1.50. The fourth-order valence-corrected chi connectivity index (χ4v) is 2.05. The number of aryl methyl sites for hydroxylation is 1. The van der Waals surface area contributed by atoms with Crippen molar-refractivity contribution in [1.29, 1.82) is 0 Å². The number of hydrogen-bond acceptors (Lipinski definition) is 2. The monoisotopic (exact) mass is 263 g/mol. The van der Waals surface area contributed by atoms with E-state index in [1.807, 2.05) is 7.05 Å². The molecule has 3 nitrogen and oxygen atoms in total. The van der Waals surface area contributed by atoms with Gasteiger partial charge in [-0.15, -0.1) is 0 Å². The van der Waals surface area contributed by atoms with Crippen molar-refractivity contribution in [2.45, 2.75) is 18.8 Å². The van der Waals surface area contributed by atoms with Crippen LogP contribution in [0.3, 0.4) is 0 Å². The van der Waals surface area contributed by atoms with Gasteiger partial charge in [0, 0.05) is 13.0 Å². The number of rotatable bonds is 1. The van der Waals surface area contributed by atoms with Gasteiger partial charge in [-0.1, -0.05) is 0 Å². The van der Waals surface area contributed by atoms with E-state index < -0.39 is 0 Å². The zero-order valence-corrected chi connectivity index (χ0v) is 8.50. The first-order valence-corrected chi connectivity index (χ1v) is 4.76. The third-order valence-electron chi connectivity index (χ3n) is 2.02. The zero-order valence-electron chi connectivity index (χ0n) is 6.34. The molecule has 0 bridgehead atoms. The number of aromatic nitrogens is 2. The second-order valence-electron chi connectivity index (χ2n) is 2.98. The first-order chi connectivity index (χ1) is 5.20. The number of nitrogens with two attached hydrogens (primary N) is 1. The summed E-state index contributed by atoms with van der Waals surface area (Å²) in [6.45, 7) is 0. The quantitative estimate of drug-likeness (QED) is 0.780. The van der Waals surface area contributed by atoms with E-state index in [1.165, 1.54) is 18.5 Å². The number of hydrogen-bond donors (Lipinski definition) is 1. The summed E-state index contributed by atoms with van der Waals surface area (Å²) in [5, 5.41) is 4.36. The predicted octanol–water partition coefficient (Wildman–Crippen LogP) is 1.48. The molecule has 1 aliphatic rings. The minimum Gasteiger partial charge on any atom is -0.383 e. The molecule has 2 N–H and O–H groups in total. The summed E-state index contributed by atoms with van der Waals surface area (Å²) < 4.78 is 2.91. The molecule has 0 aliphatic heterocycles. The van der Waals surface area contributed by atoms with Crippen LogP contribution in [0.5, 0.6) is 0 Å². The Morgan fingerprint density at radius 2 is 2.27 bits per heavy atom. The van der Waals surface area contributed by atoms with Crippen molar-refractivity contribution >= 4 is 28.4 Å². The predicted molar refractivity (Wildman–Crippen MR) is 52.3 cm³/mol. The van der Waals surface area contributed by atoms with Crippen LogP contribution in [0.25, 0.3) is 0 Å². The lowest BCUT2D eigenvalue weighted by atomic mass is 10.3. The molecule has 1 aromatic rings. The second-order valence-corrected chi connectivity index (χ2v) is 4.06. The van der Waals surface area contributed by atoms with Gasteiger partial charge >= 0.3 is 0 Å². The van der Waals surface area contributed by atoms with Crippen molar-refractivity contribution in [3.05, 3.63) is 9.26 Å². The van der Waals surface area contributed by atoms with Crippen LogP contribution < -0.4 is 5.73 Å². The van der Waals surface area contributed by atoms with Crippen molar-refractivity contribution in [3.8, 4) is 0 Å². The average molecular weight is 263 g/mol. The molecule has 2 rings (SSSR count). The molecule has 0 amide bonds. The molecule has 0 aromatic carbocycles. The van der Waals surface area contributed by atoms with E-state index in [0.29, 0.717) is 5.92 Å². The summed E-state index contributed by atoms with van der Waals surface area (Å²) in [6.07, 6.45) is 2.57. The first kappa shape index (κ1) is 7.39. The largest absolute Gasteiger partial charge is 0.383 e. The average Bonchev–Trinajstić information content (AvgIpc) is 2.76. The third-order valence-corrected chi connectivity index (χ3v) is 3.13. The van der Waals surface area contributed by atoms with Crippen LogP contribution in [-0.4, -0.2) is 9.78 Å². The molecule has 4 heteroatoms.